The summed E-state index contributed by atoms with van der Waals surface area (Å²) >= 11 is 5.41. The molecular weight excluding hydrogens is 555 g/mol. The quantitative estimate of drug-likeness (QED) is 0.199. The number of nitrogens with one attached hydrogen (secondary N) is 3. The summed E-state index contributed by atoms with van der Waals surface area (Å²) in [6, 6.07) is 18.9. The highest BCUT2D eigenvalue weighted by atomic mass is 35.5. The minimum Gasteiger partial charge on any atom is -0.352 e. The Bertz CT molecular complexity index is 1790. The van der Waals surface area contributed by atoms with Gasteiger partial charge in [0.1, 0.15) is 11.6 Å². The third-order valence-corrected chi connectivity index (χ3v) is 8.27. The topological polar surface area (TPSA) is 117 Å². The Morgan fingerprint density at radius 2 is 1.80 bits per heavy atom. The molecule has 5 aromatic rings. The van der Waals surface area contributed by atoms with E-state index >= 15 is 0 Å². The van der Waals surface area contributed by atoms with Crippen molar-refractivity contribution in [2.24, 2.45) is 7.05 Å². The number of nitrogens with zero attached hydrogens (tertiary/aromatic N) is 5. The van der Waals surface area contributed by atoms with E-state index in [-0.39, 0.29) is 10.7 Å². The lowest BCUT2D eigenvalue weighted by molar-refractivity contribution is 0.593. The molecule has 0 atom stereocenters. The van der Waals surface area contributed by atoms with Crippen LogP contribution in [0.25, 0.3) is 11.0 Å². The molecule has 5 rings (SSSR count). The number of hydrogen-bond donors (Lipinski definition) is 3. The Labute approximate surface area is 236 Å². The first-order valence-corrected chi connectivity index (χ1v) is 14.0. The van der Waals surface area contributed by atoms with Crippen LogP contribution in [0, 0.1) is 12.7 Å². The van der Waals surface area contributed by atoms with Gasteiger partial charge in [0.15, 0.2) is 0 Å². The molecular formula is C27H26ClFN8O2S. The lowest BCUT2D eigenvalue weighted by Gasteiger charge is -2.19. The number of aryl methyl sites for hydroxylation is 2. The van der Waals surface area contributed by atoms with Crippen LogP contribution in [0.15, 0.2) is 77.8 Å². The molecule has 2 heterocycles. The second-order valence-corrected chi connectivity index (χ2v) is 11.2. The first kappa shape index (κ1) is 27.3. The molecule has 0 saturated carbocycles. The summed E-state index contributed by atoms with van der Waals surface area (Å²) in [5, 5.41) is 6.36. The maximum absolute atomic E-state index is 13.2. The number of anilines is 5. The second-order valence-electron chi connectivity index (χ2n) is 9.13. The van der Waals surface area contributed by atoms with Crippen LogP contribution in [0.1, 0.15) is 11.1 Å². The van der Waals surface area contributed by atoms with E-state index < -0.39 is 10.0 Å². The van der Waals surface area contributed by atoms with Gasteiger partial charge in [-0.1, -0.05) is 18.2 Å². The van der Waals surface area contributed by atoms with Gasteiger partial charge in [-0.2, -0.15) is 4.98 Å². The summed E-state index contributed by atoms with van der Waals surface area (Å²) in [6.45, 7) is 2.19. The van der Waals surface area contributed by atoms with Gasteiger partial charge in [-0.05, 0) is 78.4 Å². The normalized spacial score (nSPS) is 11.5. The Balaban J connectivity index is 1.35. The van der Waals surface area contributed by atoms with E-state index in [0.29, 0.717) is 35.5 Å². The van der Waals surface area contributed by atoms with Gasteiger partial charge >= 0.3 is 0 Å². The number of hydrogen-bond acceptors (Lipinski definition) is 8. The minimum absolute atomic E-state index is 0.0518. The van der Waals surface area contributed by atoms with Crippen LogP contribution in [-0.2, 0) is 23.6 Å². The average Bonchev–Trinajstić information content (AvgIpc) is 3.27. The Hall–Kier alpha value is -4.26. The molecule has 0 bridgehead atoms. The molecule has 0 aliphatic carbocycles. The Morgan fingerprint density at radius 1 is 1.02 bits per heavy atom. The van der Waals surface area contributed by atoms with Crippen molar-refractivity contribution in [2.45, 2.75) is 18.4 Å². The first-order valence-electron chi connectivity index (χ1n) is 12.2. The summed E-state index contributed by atoms with van der Waals surface area (Å²) < 4.78 is 41.4. The van der Waals surface area contributed by atoms with Crippen LogP contribution < -0.4 is 19.8 Å². The molecule has 0 aliphatic heterocycles. The van der Waals surface area contributed by atoms with Gasteiger partial charge < -0.3 is 20.1 Å². The summed E-state index contributed by atoms with van der Waals surface area (Å²) in [7, 11) is -0.0285. The van der Waals surface area contributed by atoms with Gasteiger partial charge in [0.25, 0.3) is 10.0 Å². The van der Waals surface area contributed by atoms with E-state index in [2.05, 4.69) is 20.6 Å². The lowest BCUT2D eigenvalue weighted by atomic mass is 10.2. The maximum atomic E-state index is 13.2. The fourth-order valence-electron chi connectivity index (χ4n) is 4.20. The van der Waals surface area contributed by atoms with Crippen molar-refractivity contribution in [1.29, 1.82) is 0 Å². The Morgan fingerprint density at radius 3 is 2.55 bits per heavy atom. The van der Waals surface area contributed by atoms with Gasteiger partial charge in [0.05, 0.1) is 15.9 Å². The molecule has 3 aromatic carbocycles. The number of sulfonamides is 1. The van der Waals surface area contributed by atoms with Crippen LogP contribution in [0.3, 0.4) is 0 Å². The fraction of sp³-hybridized carbons (Fsp3) is 0.148. The zero-order valence-corrected chi connectivity index (χ0v) is 23.4. The smallest absolute Gasteiger partial charge is 0.254 e. The van der Waals surface area contributed by atoms with Crippen molar-refractivity contribution in [3.63, 3.8) is 0 Å². The molecule has 206 valence electrons. The van der Waals surface area contributed by atoms with Crippen molar-refractivity contribution in [2.75, 3.05) is 22.6 Å². The standard InChI is InChI=1S/C27H26ClFN8O2S/c1-17-4-9-20(14-24(17)40(38,39)35-28)32-26-30-13-12-25(34-26)36(2)21-10-11-23-22(15-21)33-27(37(23)3)31-16-18-5-7-19(29)8-6-18/h4-15,35H,16H2,1-3H3,(H,31,33)(H,30,32,34). The average molecular weight is 581 g/mol. The molecule has 0 fully saturated rings. The molecule has 13 heteroatoms. The van der Waals surface area contributed by atoms with Gasteiger partial charge in [0.2, 0.25) is 11.9 Å². The molecule has 0 unspecified atom stereocenters. The van der Waals surface area contributed by atoms with Crippen molar-refractivity contribution in [3.8, 4) is 0 Å². The molecule has 0 radical (unpaired) electrons. The Kier molecular flexibility index (Phi) is 7.57. The molecule has 40 heavy (non-hydrogen) atoms. The predicted octanol–water partition coefficient (Wildman–Crippen LogP) is 5.37. The molecule has 0 spiro atoms. The van der Waals surface area contributed by atoms with Gasteiger partial charge in [-0.25, -0.2) is 22.8 Å². The zero-order chi connectivity index (χ0) is 28.4. The van der Waals surface area contributed by atoms with Crippen LogP contribution in [-0.4, -0.2) is 35.0 Å². The van der Waals surface area contributed by atoms with E-state index in [1.54, 1.807) is 43.5 Å². The minimum atomic E-state index is -3.84. The number of halogens is 2. The number of imidazole rings is 1. The number of aromatic nitrogens is 4. The molecule has 10 nitrogen and oxygen atoms in total. The van der Waals surface area contributed by atoms with Gasteiger partial charge in [0, 0.05) is 38.2 Å². The highest BCUT2D eigenvalue weighted by Gasteiger charge is 2.17. The third-order valence-electron chi connectivity index (χ3n) is 6.44. The molecule has 2 aromatic heterocycles. The van der Waals surface area contributed by atoms with E-state index in [1.165, 1.54) is 18.2 Å². The van der Waals surface area contributed by atoms with Crippen molar-refractivity contribution >= 4 is 61.9 Å². The SMILES string of the molecule is Cc1ccc(Nc2nccc(N(C)c3ccc4c(c3)nc(NCc3ccc(F)cc3)n4C)n2)cc1S(=O)(=O)NCl. The molecule has 3 N–H and O–H groups in total. The van der Waals surface area contributed by atoms with Gasteiger partial charge in [-0.15, -0.1) is 4.24 Å². The van der Waals surface area contributed by atoms with E-state index in [4.69, 9.17) is 16.8 Å². The summed E-state index contributed by atoms with van der Waals surface area (Å²) in [4.78, 5) is 15.6. The lowest BCUT2D eigenvalue weighted by Crippen LogP contribution is -2.15. The summed E-state index contributed by atoms with van der Waals surface area (Å²) in [5.74, 6) is 1.33. The van der Waals surface area contributed by atoms with Gasteiger partial charge in [-0.3, -0.25) is 0 Å². The second kappa shape index (κ2) is 11.1. The number of fused-ring (bicyclic) bond motifs is 1. The summed E-state index contributed by atoms with van der Waals surface area (Å²) in [6.07, 6.45) is 1.62. The largest absolute Gasteiger partial charge is 0.352 e. The first-order chi connectivity index (χ1) is 19.1. The van der Waals surface area contributed by atoms with E-state index in [0.717, 1.165) is 22.3 Å². The third kappa shape index (κ3) is 5.69. The van der Waals surface area contributed by atoms with Crippen LogP contribution in [0.4, 0.5) is 33.5 Å². The number of rotatable bonds is 9. The molecule has 0 amide bonds. The highest BCUT2D eigenvalue weighted by Crippen LogP contribution is 2.28. The fourth-order valence-corrected chi connectivity index (χ4v) is 5.31. The maximum Gasteiger partial charge on any atom is 0.254 e. The van der Waals surface area contributed by atoms with E-state index in [9.17, 15) is 12.8 Å². The van der Waals surface area contributed by atoms with Crippen LogP contribution in [0.2, 0.25) is 0 Å². The van der Waals surface area contributed by atoms with Crippen molar-refractivity contribution < 1.29 is 12.8 Å². The highest BCUT2D eigenvalue weighted by molar-refractivity contribution is 7.90. The molecule has 0 saturated heterocycles. The number of benzene rings is 3. The van der Waals surface area contributed by atoms with Crippen LogP contribution in [0.5, 0.6) is 0 Å². The van der Waals surface area contributed by atoms with Crippen molar-refractivity contribution in [1.82, 2.24) is 23.8 Å². The zero-order valence-electron chi connectivity index (χ0n) is 21.9. The monoisotopic (exact) mass is 580 g/mol. The molecule has 0 aliphatic rings. The van der Waals surface area contributed by atoms with Crippen LogP contribution >= 0.6 is 11.8 Å². The van der Waals surface area contributed by atoms with E-state index in [1.807, 2.05) is 46.0 Å². The predicted molar refractivity (Wildman–Crippen MR) is 155 cm³/mol. The van der Waals surface area contributed by atoms with Crippen molar-refractivity contribution in [3.05, 3.63) is 89.9 Å². The summed E-state index contributed by atoms with van der Waals surface area (Å²) in [5.41, 5.74) is 4.58.